The minimum Gasteiger partial charge on any atom is -0.356 e. The van der Waals surface area contributed by atoms with Crippen molar-refractivity contribution in [1.82, 2.24) is 19.1 Å². The lowest BCUT2D eigenvalue weighted by Gasteiger charge is -2.06. The molecule has 2 aromatic rings. The summed E-state index contributed by atoms with van der Waals surface area (Å²) in [5.41, 5.74) is -0.257. The highest BCUT2D eigenvalue weighted by atomic mass is 35.5. The smallest absolute Gasteiger partial charge is 0.329 e. The van der Waals surface area contributed by atoms with Crippen LogP contribution in [0.25, 0.3) is 11.2 Å². The van der Waals surface area contributed by atoms with Crippen LogP contribution >= 0.6 is 11.6 Å². The summed E-state index contributed by atoms with van der Waals surface area (Å²) < 4.78 is 3.01. The van der Waals surface area contributed by atoms with Gasteiger partial charge in [-0.25, -0.2) is 4.79 Å². The molecule has 0 radical (unpaired) electrons. The van der Waals surface area contributed by atoms with E-state index >= 15 is 0 Å². The molecule has 20 heavy (non-hydrogen) atoms. The summed E-state index contributed by atoms with van der Waals surface area (Å²) in [6, 6.07) is 0. The second kappa shape index (κ2) is 5.54. The van der Waals surface area contributed by atoms with Crippen molar-refractivity contribution in [2.45, 2.75) is 20.4 Å². The number of halogens is 1. The van der Waals surface area contributed by atoms with E-state index in [1.807, 2.05) is 6.92 Å². The van der Waals surface area contributed by atoms with E-state index in [0.717, 1.165) is 0 Å². The highest BCUT2D eigenvalue weighted by molar-refractivity contribution is 6.29. The molecule has 0 aliphatic heterocycles. The molecule has 0 saturated heterocycles. The van der Waals surface area contributed by atoms with Crippen molar-refractivity contribution in [3.8, 4) is 0 Å². The molecule has 0 spiro atoms. The average molecular weight is 298 g/mol. The molecule has 2 heterocycles. The third-order valence-corrected chi connectivity index (χ3v) is 3.05. The largest absolute Gasteiger partial charge is 0.356 e. The van der Waals surface area contributed by atoms with Crippen LogP contribution in [0.1, 0.15) is 13.8 Å². The Kier molecular flexibility index (Phi) is 3.99. The second-order valence-corrected chi connectivity index (χ2v) is 4.95. The summed E-state index contributed by atoms with van der Waals surface area (Å²) in [6.07, 6.45) is 1.77. The average Bonchev–Trinajstić information content (AvgIpc) is 2.73. The van der Waals surface area contributed by atoms with Crippen LogP contribution in [-0.4, -0.2) is 25.6 Å². The van der Waals surface area contributed by atoms with Crippen LogP contribution in [0, 0.1) is 0 Å². The van der Waals surface area contributed by atoms with Gasteiger partial charge in [0.25, 0.3) is 5.56 Å². The molecule has 0 atom stereocenters. The maximum atomic E-state index is 12.0. The summed E-state index contributed by atoms with van der Waals surface area (Å²) in [5, 5.41) is 3.70. The molecule has 0 saturated carbocycles. The molecule has 7 nitrogen and oxygen atoms in total. The van der Waals surface area contributed by atoms with Gasteiger partial charge in [0.2, 0.25) is 5.95 Å². The number of allylic oxidation sites excluding steroid dienone is 2. The molecule has 108 valence electrons. The van der Waals surface area contributed by atoms with Crippen LogP contribution in [0.3, 0.4) is 0 Å². The van der Waals surface area contributed by atoms with E-state index in [1.165, 1.54) is 4.57 Å². The molecule has 0 amide bonds. The minimum atomic E-state index is -0.487. The number of fused-ring (bicyclic) bond motifs is 1. The van der Waals surface area contributed by atoms with Gasteiger partial charge in [-0.05, 0) is 13.8 Å². The Balaban J connectivity index is 2.78. The Labute approximate surface area is 119 Å². The van der Waals surface area contributed by atoms with Gasteiger partial charge in [0, 0.05) is 25.2 Å². The molecule has 0 bridgehead atoms. The molecule has 0 unspecified atom stereocenters. The maximum Gasteiger partial charge on any atom is 0.329 e. The normalized spacial score (nSPS) is 12.1. The summed E-state index contributed by atoms with van der Waals surface area (Å²) in [7, 11) is 1.57. The van der Waals surface area contributed by atoms with Crippen molar-refractivity contribution in [2.75, 3.05) is 11.9 Å². The molecule has 2 rings (SSSR count). The fourth-order valence-electron chi connectivity index (χ4n) is 1.92. The predicted molar refractivity (Wildman–Crippen MR) is 79.4 cm³/mol. The Bertz CT molecular complexity index is 779. The van der Waals surface area contributed by atoms with Crippen LogP contribution in [0.2, 0.25) is 0 Å². The Morgan fingerprint density at radius 1 is 1.50 bits per heavy atom. The standard InChI is InChI=1S/C12H16ClN5O2/c1-4-14-11-15-9-8(18(11)6-5-7(2)13)10(19)16-12(20)17(9)3/h5H,4,6H2,1-3H3,(H,14,15)(H,16,19,20). The van der Waals surface area contributed by atoms with Crippen LogP contribution in [0.4, 0.5) is 5.95 Å². The quantitative estimate of drug-likeness (QED) is 0.881. The zero-order chi connectivity index (χ0) is 14.9. The second-order valence-electron chi connectivity index (χ2n) is 4.36. The number of imidazole rings is 1. The number of H-pyrrole nitrogens is 1. The van der Waals surface area contributed by atoms with Crippen molar-refractivity contribution in [3.05, 3.63) is 31.9 Å². The molecule has 2 aromatic heterocycles. The van der Waals surface area contributed by atoms with Crippen LogP contribution in [0.15, 0.2) is 20.7 Å². The van der Waals surface area contributed by atoms with Crippen molar-refractivity contribution in [3.63, 3.8) is 0 Å². The van der Waals surface area contributed by atoms with E-state index in [4.69, 9.17) is 11.6 Å². The first-order chi connectivity index (χ1) is 9.45. The molecule has 0 fully saturated rings. The van der Waals surface area contributed by atoms with E-state index in [9.17, 15) is 9.59 Å². The van der Waals surface area contributed by atoms with Crippen LogP contribution < -0.4 is 16.6 Å². The first kappa shape index (κ1) is 14.4. The van der Waals surface area contributed by atoms with Crippen LogP contribution in [-0.2, 0) is 13.6 Å². The molecule has 0 aliphatic rings. The van der Waals surface area contributed by atoms with E-state index in [0.29, 0.717) is 35.2 Å². The molecular formula is C12H16ClN5O2. The van der Waals surface area contributed by atoms with Gasteiger partial charge < -0.3 is 9.88 Å². The van der Waals surface area contributed by atoms with Crippen molar-refractivity contribution in [1.29, 1.82) is 0 Å². The highest BCUT2D eigenvalue weighted by Gasteiger charge is 2.16. The lowest BCUT2D eigenvalue weighted by Crippen LogP contribution is -2.29. The fourth-order valence-corrected chi connectivity index (χ4v) is 1.99. The van der Waals surface area contributed by atoms with Gasteiger partial charge in [-0.3, -0.25) is 14.3 Å². The zero-order valence-corrected chi connectivity index (χ0v) is 12.3. The lowest BCUT2D eigenvalue weighted by molar-refractivity contribution is 0.817. The number of anilines is 1. The minimum absolute atomic E-state index is 0.343. The molecule has 0 aliphatic carbocycles. The number of hydrogen-bond donors (Lipinski definition) is 2. The van der Waals surface area contributed by atoms with Gasteiger partial charge in [-0.1, -0.05) is 17.7 Å². The van der Waals surface area contributed by atoms with E-state index in [2.05, 4.69) is 15.3 Å². The van der Waals surface area contributed by atoms with E-state index in [1.54, 1.807) is 24.6 Å². The van der Waals surface area contributed by atoms with Crippen LogP contribution in [0.5, 0.6) is 0 Å². The van der Waals surface area contributed by atoms with Crippen molar-refractivity contribution in [2.24, 2.45) is 7.05 Å². The number of aromatic amines is 1. The molecule has 8 heteroatoms. The Morgan fingerprint density at radius 2 is 2.20 bits per heavy atom. The SMILES string of the molecule is CCNc1nc2c(c(=O)[nH]c(=O)n2C)n1CC=C(C)Cl. The molecular weight excluding hydrogens is 282 g/mol. The molecule has 2 N–H and O–H groups in total. The number of hydrogen-bond acceptors (Lipinski definition) is 4. The fraction of sp³-hybridized carbons (Fsp3) is 0.417. The first-order valence-electron chi connectivity index (χ1n) is 6.21. The lowest BCUT2D eigenvalue weighted by atomic mass is 10.4. The van der Waals surface area contributed by atoms with E-state index < -0.39 is 11.2 Å². The van der Waals surface area contributed by atoms with Gasteiger partial charge in [-0.2, -0.15) is 4.98 Å². The van der Waals surface area contributed by atoms with Crippen molar-refractivity contribution >= 4 is 28.7 Å². The third-order valence-electron chi connectivity index (χ3n) is 2.90. The predicted octanol–water partition coefficient (Wildman–Crippen LogP) is 0.998. The van der Waals surface area contributed by atoms with Gasteiger partial charge in [0.1, 0.15) is 0 Å². The summed E-state index contributed by atoms with van der Waals surface area (Å²) in [4.78, 5) is 30.2. The Morgan fingerprint density at radius 3 is 2.80 bits per heavy atom. The number of rotatable bonds is 4. The Hall–Kier alpha value is -2.02. The van der Waals surface area contributed by atoms with Gasteiger partial charge >= 0.3 is 5.69 Å². The van der Waals surface area contributed by atoms with Crippen molar-refractivity contribution < 1.29 is 0 Å². The topological polar surface area (TPSA) is 84.7 Å². The number of nitrogens with one attached hydrogen (secondary N) is 2. The number of aromatic nitrogens is 4. The monoisotopic (exact) mass is 297 g/mol. The summed E-state index contributed by atoms with van der Waals surface area (Å²) >= 11 is 5.84. The van der Waals surface area contributed by atoms with E-state index in [-0.39, 0.29) is 0 Å². The molecule has 0 aromatic carbocycles. The maximum absolute atomic E-state index is 12.0. The summed E-state index contributed by atoms with van der Waals surface area (Å²) in [5.74, 6) is 0.531. The van der Waals surface area contributed by atoms with Gasteiger partial charge in [-0.15, -0.1) is 0 Å². The summed E-state index contributed by atoms with van der Waals surface area (Å²) in [6.45, 7) is 4.73. The number of nitrogens with zero attached hydrogens (tertiary/aromatic N) is 3. The van der Waals surface area contributed by atoms with Gasteiger partial charge in [0.15, 0.2) is 11.2 Å². The third kappa shape index (κ3) is 2.49. The first-order valence-corrected chi connectivity index (χ1v) is 6.59. The highest BCUT2D eigenvalue weighted by Crippen LogP contribution is 2.15. The number of aryl methyl sites for hydroxylation is 1. The van der Waals surface area contributed by atoms with Gasteiger partial charge in [0.05, 0.1) is 0 Å². The zero-order valence-electron chi connectivity index (χ0n) is 11.5.